The van der Waals surface area contributed by atoms with E-state index in [4.69, 9.17) is 14.2 Å². The van der Waals surface area contributed by atoms with Gasteiger partial charge in [-0.05, 0) is 19.1 Å². The predicted octanol–water partition coefficient (Wildman–Crippen LogP) is 1.17. The Bertz CT molecular complexity index is 494. The van der Waals surface area contributed by atoms with Crippen LogP contribution in [-0.2, 0) is 9.53 Å². The zero-order valence-electron chi connectivity index (χ0n) is 10.0. The van der Waals surface area contributed by atoms with E-state index in [1.165, 1.54) is 13.2 Å². The second kappa shape index (κ2) is 4.95. The van der Waals surface area contributed by atoms with E-state index in [1.807, 2.05) is 0 Å². The van der Waals surface area contributed by atoms with E-state index >= 15 is 0 Å². The average Bonchev–Trinajstić information content (AvgIpc) is 2.85. The second-order valence-electron chi connectivity index (χ2n) is 3.43. The summed E-state index contributed by atoms with van der Waals surface area (Å²) in [6.07, 6.45) is 0. The molecule has 0 unspecified atom stereocenters. The molecule has 0 atom stereocenters. The maximum atomic E-state index is 11.9. The molecule has 0 aromatic heterocycles. The van der Waals surface area contributed by atoms with Crippen molar-refractivity contribution in [2.45, 2.75) is 6.92 Å². The maximum absolute atomic E-state index is 11.9. The van der Waals surface area contributed by atoms with Crippen LogP contribution in [0.1, 0.15) is 17.3 Å². The van der Waals surface area contributed by atoms with Gasteiger partial charge in [0.25, 0.3) is 5.78 Å². The summed E-state index contributed by atoms with van der Waals surface area (Å²) in [6, 6.07) is 3.00. The quantitative estimate of drug-likeness (QED) is 0.455. The van der Waals surface area contributed by atoms with Crippen molar-refractivity contribution >= 4 is 11.8 Å². The third kappa shape index (κ3) is 1.97. The van der Waals surface area contributed by atoms with E-state index in [1.54, 1.807) is 13.0 Å². The lowest BCUT2D eigenvalue weighted by Gasteiger charge is -2.09. The molecule has 0 spiro atoms. The lowest BCUT2D eigenvalue weighted by Crippen LogP contribution is -2.18. The van der Waals surface area contributed by atoms with Crippen molar-refractivity contribution < 1.29 is 28.5 Å². The average molecular weight is 252 g/mol. The molecule has 0 bridgehead atoms. The van der Waals surface area contributed by atoms with Gasteiger partial charge in [-0.25, -0.2) is 4.79 Å². The summed E-state index contributed by atoms with van der Waals surface area (Å²) in [5.41, 5.74) is 0.0974. The molecule has 0 amide bonds. The van der Waals surface area contributed by atoms with Gasteiger partial charge in [0, 0.05) is 0 Å². The highest BCUT2D eigenvalue weighted by atomic mass is 16.7. The molecule has 2 rings (SSSR count). The van der Waals surface area contributed by atoms with Crippen molar-refractivity contribution in [3.8, 4) is 17.2 Å². The van der Waals surface area contributed by atoms with Gasteiger partial charge < -0.3 is 18.9 Å². The molecule has 6 heteroatoms. The molecule has 18 heavy (non-hydrogen) atoms. The molecule has 96 valence electrons. The van der Waals surface area contributed by atoms with Gasteiger partial charge in [-0.15, -0.1) is 0 Å². The summed E-state index contributed by atoms with van der Waals surface area (Å²) in [6.45, 7) is 1.82. The summed E-state index contributed by atoms with van der Waals surface area (Å²) in [7, 11) is 1.39. The monoisotopic (exact) mass is 252 g/mol. The zero-order chi connectivity index (χ0) is 13.1. The minimum absolute atomic E-state index is 0.0583. The molecule has 1 aliphatic rings. The normalized spacial score (nSPS) is 12.1. The van der Waals surface area contributed by atoms with Crippen LogP contribution in [0.15, 0.2) is 12.1 Å². The number of ether oxygens (including phenoxy) is 4. The van der Waals surface area contributed by atoms with Gasteiger partial charge in [-0.2, -0.15) is 0 Å². The molecule has 0 fully saturated rings. The fraction of sp³-hybridized carbons (Fsp3) is 0.333. The number of carbonyl (C=O) groups excluding carboxylic acids is 2. The van der Waals surface area contributed by atoms with Gasteiger partial charge in [-0.3, -0.25) is 4.79 Å². The summed E-state index contributed by atoms with van der Waals surface area (Å²) in [5, 5.41) is 0. The standard InChI is InChI=1S/C12H12O6/c1-3-16-12(14)9(13)7-4-5-8-11(10(7)15-2)18-6-17-8/h4-5H,3,6H2,1-2H3. The minimum atomic E-state index is -0.922. The zero-order valence-corrected chi connectivity index (χ0v) is 10.0. The Morgan fingerprint density at radius 3 is 2.78 bits per heavy atom. The number of methoxy groups -OCH3 is 1. The SMILES string of the molecule is CCOC(=O)C(=O)c1ccc2c(c1OC)OCO2. The fourth-order valence-electron chi connectivity index (χ4n) is 1.63. The Morgan fingerprint density at radius 1 is 1.33 bits per heavy atom. The first-order valence-corrected chi connectivity index (χ1v) is 5.37. The Labute approximate surface area is 103 Å². The first-order chi connectivity index (χ1) is 8.69. The van der Waals surface area contributed by atoms with E-state index in [2.05, 4.69) is 4.74 Å². The molecule has 0 N–H and O–H groups in total. The van der Waals surface area contributed by atoms with Gasteiger partial charge in [-0.1, -0.05) is 0 Å². The van der Waals surface area contributed by atoms with E-state index in [0.29, 0.717) is 11.5 Å². The van der Waals surface area contributed by atoms with Crippen molar-refractivity contribution in [1.82, 2.24) is 0 Å². The number of esters is 1. The molecule has 0 aliphatic carbocycles. The van der Waals surface area contributed by atoms with Crippen LogP contribution in [0.3, 0.4) is 0 Å². The van der Waals surface area contributed by atoms with Crippen molar-refractivity contribution in [2.75, 3.05) is 20.5 Å². The summed E-state index contributed by atoms with van der Waals surface area (Å²) in [4.78, 5) is 23.3. The molecule has 1 aromatic carbocycles. The summed E-state index contributed by atoms with van der Waals surface area (Å²) in [5.74, 6) is -0.704. The van der Waals surface area contributed by atoms with Crippen LogP contribution in [0.25, 0.3) is 0 Å². The molecule has 1 aromatic rings. The lowest BCUT2D eigenvalue weighted by molar-refractivity contribution is -0.137. The van der Waals surface area contributed by atoms with Gasteiger partial charge in [0.15, 0.2) is 11.5 Å². The van der Waals surface area contributed by atoms with Crippen molar-refractivity contribution in [3.05, 3.63) is 17.7 Å². The van der Waals surface area contributed by atoms with Gasteiger partial charge in [0.05, 0.1) is 19.3 Å². The summed E-state index contributed by atoms with van der Waals surface area (Å²) >= 11 is 0. The molecule has 1 aliphatic heterocycles. The number of hydrogen-bond acceptors (Lipinski definition) is 6. The van der Waals surface area contributed by atoms with Crippen molar-refractivity contribution in [1.29, 1.82) is 0 Å². The van der Waals surface area contributed by atoms with E-state index < -0.39 is 11.8 Å². The molecule has 0 saturated heterocycles. The molecular formula is C12H12O6. The Balaban J connectivity index is 2.39. The first-order valence-electron chi connectivity index (χ1n) is 5.37. The number of fused-ring (bicyclic) bond motifs is 1. The smallest absolute Gasteiger partial charge is 0.379 e. The highest BCUT2D eigenvalue weighted by Crippen LogP contribution is 2.43. The number of benzene rings is 1. The Morgan fingerprint density at radius 2 is 2.11 bits per heavy atom. The van der Waals surface area contributed by atoms with Crippen LogP contribution < -0.4 is 14.2 Å². The number of carbonyl (C=O) groups is 2. The third-order valence-corrected chi connectivity index (χ3v) is 2.40. The Kier molecular flexibility index (Phi) is 3.36. The second-order valence-corrected chi connectivity index (χ2v) is 3.43. The van der Waals surface area contributed by atoms with Crippen LogP contribution in [0.4, 0.5) is 0 Å². The maximum Gasteiger partial charge on any atom is 0.379 e. The lowest BCUT2D eigenvalue weighted by atomic mass is 10.1. The molecule has 0 saturated carbocycles. The highest BCUT2D eigenvalue weighted by molar-refractivity contribution is 6.41. The number of ketones is 1. The van der Waals surface area contributed by atoms with Crippen LogP contribution in [0.2, 0.25) is 0 Å². The van der Waals surface area contributed by atoms with Gasteiger partial charge >= 0.3 is 5.97 Å². The fourth-order valence-corrected chi connectivity index (χ4v) is 1.63. The first kappa shape index (κ1) is 12.2. The minimum Gasteiger partial charge on any atom is -0.492 e. The van der Waals surface area contributed by atoms with Crippen LogP contribution >= 0.6 is 0 Å². The molecule has 6 nitrogen and oxygen atoms in total. The largest absolute Gasteiger partial charge is 0.492 e. The highest BCUT2D eigenvalue weighted by Gasteiger charge is 2.28. The van der Waals surface area contributed by atoms with Crippen molar-refractivity contribution in [2.24, 2.45) is 0 Å². The van der Waals surface area contributed by atoms with E-state index in [0.717, 1.165) is 0 Å². The van der Waals surface area contributed by atoms with Gasteiger partial charge in [0.1, 0.15) is 0 Å². The van der Waals surface area contributed by atoms with E-state index in [-0.39, 0.29) is 24.7 Å². The Hall–Kier alpha value is -2.24. The molecule has 0 radical (unpaired) electrons. The van der Waals surface area contributed by atoms with Crippen LogP contribution in [-0.4, -0.2) is 32.3 Å². The molecule has 1 heterocycles. The number of hydrogen-bond donors (Lipinski definition) is 0. The van der Waals surface area contributed by atoms with Crippen LogP contribution in [0.5, 0.6) is 17.2 Å². The van der Waals surface area contributed by atoms with E-state index in [9.17, 15) is 9.59 Å². The number of rotatable bonds is 4. The third-order valence-electron chi connectivity index (χ3n) is 2.40. The predicted molar refractivity (Wildman–Crippen MR) is 60.1 cm³/mol. The van der Waals surface area contributed by atoms with Crippen molar-refractivity contribution in [3.63, 3.8) is 0 Å². The number of Topliss-reactive ketones (excluding diaryl/α,β-unsaturated/α-hetero) is 1. The van der Waals surface area contributed by atoms with Gasteiger partial charge in [0.2, 0.25) is 12.5 Å². The topological polar surface area (TPSA) is 71.1 Å². The summed E-state index contributed by atoms with van der Waals surface area (Å²) < 4.78 is 20.1. The van der Waals surface area contributed by atoms with Crippen LogP contribution in [0, 0.1) is 0 Å². The molecular weight excluding hydrogens is 240 g/mol.